The van der Waals surface area contributed by atoms with Crippen LogP contribution >= 0.6 is 0 Å². The number of hydrogen-bond donors (Lipinski definition) is 1. The maximum atomic E-state index is 12.7. The van der Waals surface area contributed by atoms with E-state index in [1.807, 2.05) is 0 Å². The molecule has 0 spiro atoms. The molecular formula is C27H50O3. The van der Waals surface area contributed by atoms with Crippen molar-refractivity contribution in [1.29, 1.82) is 0 Å². The molecule has 2 rings (SSSR count). The van der Waals surface area contributed by atoms with Crippen LogP contribution in [-0.4, -0.2) is 24.3 Å². The van der Waals surface area contributed by atoms with E-state index in [1.165, 1.54) is 44.9 Å². The molecule has 3 unspecified atom stereocenters. The zero-order valence-electron chi connectivity index (χ0n) is 20.7. The van der Waals surface area contributed by atoms with Gasteiger partial charge in [-0.15, -0.1) is 0 Å². The van der Waals surface area contributed by atoms with Gasteiger partial charge in [0.1, 0.15) is 0 Å². The highest BCUT2D eigenvalue weighted by atomic mass is 16.5. The molecule has 176 valence electrons. The lowest BCUT2D eigenvalue weighted by Crippen LogP contribution is -2.49. The van der Waals surface area contributed by atoms with Crippen LogP contribution in [0.15, 0.2) is 0 Å². The molecule has 0 amide bonds. The summed E-state index contributed by atoms with van der Waals surface area (Å²) in [6, 6.07) is 0. The van der Waals surface area contributed by atoms with Crippen LogP contribution in [0.4, 0.5) is 0 Å². The van der Waals surface area contributed by atoms with Crippen LogP contribution in [0, 0.1) is 28.1 Å². The molecule has 0 saturated heterocycles. The summed E-state index contributed by atoms with van der Waals surface area (Å²) in [6.07, 6.45) is 15.9. The third kappa shape index (κ3) is 7.84. The predicted octanol–water partition coefficient (Wildman–Crippen LogP) is 7.30. The molecule has 2 saturated carbocycles. The Morgan fingerprint density at radius 2 is 1.60 bits per heavy atom. The quantitative estimate of drug-likeness (QED) is 0.250. The summed E-state index contributed by atoms with van der Waals surface area (Å²) >= 11 is 0. The smallest absolute Gasteiger partial charge is 0.306 e. The third-order valence-corrected chi connectivity index (χ3v) is 7.80. The Morgan fingerprint density at radius 3 is 2.17 bits per heavy atom. The standard InChI is InChI=1S/C27H50O3/c1-6-8-10-12-22(13-11-9-7-2)14-24(29)30-21-26(5)16-23-15-25(3,4)18-27(17-23,19-26)20-28/h22-23,28H,6-21H2,1-5H3. The van der Waals surface area contributed by atoms with Gasteiger partial charge in [-0.25, -0.2) is 0 Å². The van der Waals surface area contributed by atoms with E-state index >= 15 is 0 Å². The average molecular weight is 423 g/mol. The summed E-state index contributed by atoms with van der Waals surface area (Å²) in [4.78, 5) is 12.7. The Kier molecular flexibility index (Phi) is 9.71. The minimum atomic E-state index is 0.00309. The first-order valence-electron chi connectivity index (χ1n) is 12.9. The first-order valence-corrected chi connectivity index (χ1v) is 12.9. The van der Waals surface area contributed by atoms with Gasteiger partial charge in [0, 0.05) is 18.4 Å². The lowest BCUT2D eigenvalue weighted by molar-refractivity contribution is -0.155. The molecular weight excluding hydrogens is 372 g/mol. The molecule has 3 atom stereocenters. The summed E-state index contributed by atoms with van der Waals surface area (Å²) in [5.41, 5.74) is 0.347. The number of carbonyl (C=O) groups is 1. The summed E-state index contributed by atoms with van der Waals surface area (Å²) < 4.78 is 5.91. The number of ether oxygens (including phenoxy) is 1. The van der Waals surface area contributed by atoms with Gasteiger partial charge in [0.05, 0.1) is 6.61 Å². The van der Waals surface area contributed by atoms with Crippen LogP contribution < -0.4 is 0 Å². The van der Waals surface area contributed by atoms with Gasteiger partial charge < -0.3 is 9.84 Å². The van der Waals surface area contributed by atoms with E-state index in [4.69, 9.17) is 4.74 Å². The van der Waals surface area contributed by atoms with Crippen molar-refractivity contribution in [1.82, 2.24) is 0 Å². The number of aliphatic hydroxyl groups excluding tert-OH is 1. The van der Waals surface area contributed by atoms with E-state index in [1.54, 1.807) is 0 Å². The second kappa shape index (κ2) is 11.3. The average Bonchev–Trinajstić information content (AvgIpc) is 2.65. The molecule has 0 heterocycles. The molecule has 1 N–H and O–H groups in total. The fraction of sp³-hybridized carbons (Fsp3) is 0.963. The van der Waals surface area contributed by atoms with Gasteiger partial charge in [0.25, 0.3) is 0 Å². The lowest BCUT2D eigenvalue weighted by Gasteiger charge is -2.56. The lowest BCUT2D eigenvalue weighted by atomic mass is 9.49. The Hall–Kier alpha value is -0.570. The number of rotatable bonds is 13. The number of esters is 1. The maximum absolute atomic E-state index is 12.7. The summed E-state index contributed by atoms with van der Waals surface area (Å²) in [5.74, 6) is 1.14. The van der Waals surface area contributed by atoms with E-state index in [0.717, 1.165) is 38.5 Å². The zero-order valence-corrected chi connectivity index (χ0v) is 20.7. The summed E-state index contributed by atoms with van der Waals surface area (Å²) in [6.45, 7) is 12.3. The van der Waals surface area contributed by atoms with Gasteiger partial charge in [0.2, 0.25) is 0 Å². The van der Waals surface area contributed by atoms with Crippen molar-refractivity contribution in [3.05, 3.63) is 0 Å². The van der Waals surface area contributed by atoms with Crippen molar-refractivity contribution in [2.24, 2.45) is 28.1 Å². The van der Waals surface area contributed by atoms with Crippen LogP contribution in [0.3, 0.4) is 0 Å². The first kappa shape index (κ1) is 25.7. The van der Waals surface area contributed by atoms with E-state index in [-0.39, 0.29) is 23.4 Å². The highest BCUT2D eigenvalue weighted by Crippen LogP contribution is 2.60. The summed E-state index contributed by atoms with van der Waals surface area (Å²) in [7, 11) is 0. The Labute approximate surface area is 186 Å². The van der Waals surface area contributed by atoms with Gasteiger partial charge >= 0.3 is 5.97 Å². The molecule has 0 radical (unpaired) electrons. The van der Waals surface area contributed by atoms with Crippen molar-refractivity contribution in [3.63, 3.8) is 0 Å². The van der Waals surface area contributed by atoms with Crippen LogP contribution in [0.1, 0.15) is 125 Å². The highest BCUT2D eigenvalue weighted by molar-refractivity contribution is 5.69. The highest BCUT2D eigenvalue weighted by Gasteiger charge is 2.52. The van der Waals surface area contributed by atoms with E-state index in [0.29, 0.717) is 30.3 Å². The number of aliphatic hydroxyl groups is 1. The molecule has 3 heteroatoms. The van der Waals surface area contributed by atoms with Crippen molar-refractivity contribution < 1.29 is 14.6 Å². The monoisotopic (exact) mass is 422 g/mol. The van der Waals surface area contributed by atoms with Gasteiger partial charge in [-0.05, 0) is 67.6 Å². The minimum Gasteiger partial charge on any atom is -0.465 e. The molecule has 2 aliphatic carbocycles. The molecule has 0 aliphatic heterocycles. The maximum Gasteiger partial charge on any atom is 0.306 e. The predicted molar refractivity (Wildman–Crippen MR) is 125 cm³/mol. The zero-order chi connectivity index (χ0) is 22.3. The Balaban J connectivity index is 1.88. The van der Waals surface area contributed by atoms with Crippen LogP contribution in [0.5, 0.6) is 0 Å². The SMILES string of the molecule is CCCCCC(CCCCC)CC(=O)OCC1(C)CC2CC(C)(C)CC(CO)(C2)C1. The second-order valence-electron chi connectivity index (χ2n) is 12.2. The van der Waals surface area contributed by atoms with Crippen LogP contribution in [-0.2, 0) is 9.53 Å². The van der Waals surface area contributed by atoms with Gasteiger partial charge in [-0.2, -0.15) is 0 Å². The molecule has 3 nitrogen and oxygen atoms in total. The van der Waals surface area contributed by atoms with E-state index in [9.17, 15) is 9.90 Å². The van der Waals surface area contributed by atoms with Crippen molar-refractivity contribution in [2.75, 3.05) is 13.2 Å². The number of carbonyl (C=O) groups excluding carboxylic acids is 1. The topological polar surface area (TPSA) is 46.5 Å². The molecule has 2 fully saturated rings. The van der Waals surface area contributed by atoms with Crippen LogP contribution in [0.2, 0.25) is 0 Å². The largest absolute Gasteiger partial charge is 0.465 e. The Morgan fingerprint density at radius 1 is 0.967 bits per heavy atom. The minimum absolute atomic E-state index is 0.00309. The molecule has 0 aromatic heterocycles. The number of unbranched alkanes of at least 4 members (excludes halogenated alkanes) is 4. The van der Waals surface area contributed by atoms with E-state index in [2.05, 4.69) is 34.6 Å². The fourth-order valence-corrected chi connectivity index (χ4v) is 7.13. The fourth-order valence-electron chi connectivity index (χ4n) is 7.13. The first-order chi connectivity index (χ1) is 14.1. The molecule has 0 aromatic carbocycles. The van der Waals surface area contributed by atoms with Gasteiger partial charge in [-0.3, -0.25) is 4.79 Å². The number of hydrogen-bond acceptors (Lipinski definition) is 3. The third-order valence-electron chi connectivity index (χ3n) is 7.80. The van der Waals surface area contributed by atoms with Crippen molar-refractivity contribution >= 4 is 5.97 Å². The van der Waals surface area contributed by atoms with E-state index < -0.39 is 0 Å². The van der Waals surface area contributed by atoms with Crippen molar-refractivity contribution in [2.45, 2.75) is 125 Å². The molecule has 30 heavy (non-hydrogen) atoms. The molecule has 2 bridgehead atoms. The second-order valence-corrected chi connectivity index (χ2v) is 12.2. The van der Waals surface area contributed by atoms with Crippen molar-refractivity contribution in [3.8, 4) is 0 Å². The molecule has 2 aliphatic rings. The Bertz CT molecular complexity index is 518. The van der Waals surface area contributed by atoms with Gasteiger partial charge in [-0.1, -0.05) is 73.1 Å². The normalized spacial score (nSPS) is 30.4. The van der Waals surface area contributed by atoms with Gasteiger partial charge in [0.15, 0.2) is 0 Å². The molecule has 0 aromatic rings. The van der Waals surface area contributed by atoms with Crippen LogP contribution in [0.25, 0.3) is 0 Å². The number of fused-ring (bicyclic) bond motifs is 2. The summed E-state index contributed by atoms with van der Waals surface area (Å²) in [5, 5.41) is 10.3.